The van der Waals surface area contributed by atoms with E-state index < -0.39 is 23.5 Å². The third-order valence-corrected chi connectivity index (χ3v) is 18.7. The molecule has 0 aliphatic carbocycles. The molecule has 0 amide bonds. The predicted molar refractivity (Wildman–Crippen MR) is 367 cm³/mol. The minimum absolute atomic E-state index is 0.125. The summed E-state index contributed by atoms with van der Waals surface area (Å²) in [5, 5.41) is 49.7. The van der Waals surface area contributed by atoms with Gasteiger partial charge in [-0.2, -0.15) is 47.4 Å². The molecule has 0 unspecified atom stereocenters. The second-order valence-corrected chi connectivity index (χ2v) is 24.6. The Kier molecular flexibility index (Phi) is 13.2. The van der Waals surface area contributed by atoms with E-state index in [0.29, 0.717) is 51.3 Å². The van der Waals surface area contributed by atoms with Crippen LogP contribution in [0.3, 0.4) is 0 Å². The van der Waals surface area contributed by atoms with Crippen molar-refractivity contribution >= 4 is 87.2 Å². The number of rotatable bonds is 8. The molecular formula is C82H48F6N8. The molecule has 0 atom stereocenters. The Labute approximate surface area is 544 Å². The van der Waals surface area contributed by atoms with Gasteiger partial charge in [0.05, 0.1) is 125 Å². The van der Waals surface area contributed by atoms with Crippen molar-refractivity contribution in [2.24, 2.45) is 0 Å². The summed E-state index contributed by atoms with van der Waals surface area (Å²) in [4.78, 5) is 0. The fourth-order valence-corrected chi connectivity index (χ4v) is 14.6. The first-order valence-electron chi connectivity index (χ1n) is 30.9. The monoisotopic (exact) mass is 1260 g/mol. The zero-order valence-electron chi connectivity index (χ0n) is 51.4. The van der Waals surface area contributed by atoms with Crippen molar-refractivity contribution in [1.29, 1.82) is 21.0 Å². The first kappa shape index (κ1) is 58.5. The van der Waals surface area contributed by atoms with E-state index in [0.717, 1.165) is 128 Å². The van der Waals surface area contributed by atoms with Crippen molar-refractivity contribution in [3.05, 3.63) is 286 Å². The number of hydrogen-bond acceptors (Lipinski definition) is 4. The van der Waals surface area contributed by atoms with E-state index in [1.165, 1.54) is 12.1 Å². The van der Waals surface area contributed by atoms with E-state index in [9.17, 15) is 21.0 Å². The van der Waals surface area contributed by atoms with Crippen molar-refractivity contribution in [1.82, 2.24) is 18.3 Å². The van der Waals surface area contributed by atoms with Crippen LogP contribution in [0.15, 0.2) is 224 Å². The van der Waals surface area contributed by atoms with Gasteiger partial charge in [-0.25, -0.2) is 0 Å². The lowest BCUT2D eigenvalue weighted by Crippen LogP contribution is -2.08. The molecule has 0 spiro atoms. The number of fused-ring (bicyclic) bond motifs is 12. The Morgan fingerprint density at radius 1 is 0.312 bits per heavy atom. The molecule has 0 bridgehead atoms. The maximum atomic E-state index is 15.1. The lowest BCUT2D eigenvalue weighted by molar-refractivity contribution is -0.138. The number of para-hydroxylation sites is 4. The van der Waals surface area contributed by atoms with Crippen LogP contribution >= 0.6 is 0 Å². The summed E-state index contributed by atoms with van der Waals surface area (Å²) in [7, 11) is 0. The number of nitrogens with zero attached hydrogens (tertiary/aromatic N) is 8. The first-order chi connectivity index (χ1) is 46.4. The Bertz CT molecular complexity index is 6260. The van der Waals surface area contributed by atoms with Gasteiger partial charge >= 0.3 is 12.4 Å². The van der Waals surface area contributed by atoms with E-state index in [2.05, 4.69) is 36.4 Å². The minimum atomic E-state index is -4.81. The number of halogens is 6. The average Bonchev–Trinajstić information content (AvgIpc) is 1.37. The van der Waals surface area contributed by atoms with Gasteiger partial charge in [0.2, 0.25) is 0 Å². The first-order valence-corrected chi connectivity index (χ1v) is 30.9. The SMILES string of the molecule is Cc1ccc2c(c1)c1ccccc1n2-c1cc(C#N)cc(-n2c3ccccc3c3cc(Cc4cc5c6ccccc6n(-c6cc(C#N)cc(-n7c8ccccc8c8ccc(C)cc87)c6-c6cc(C#N)cc(C(F)(F)F)c6)c5cc4C)ccc32)c1-c1cc(C#N)cc(C(F)(F)F)c1. The van der Waals surface area contributed by atoms with Gasteiger partial charge < -0.3 is 18.3 Å². The van der Waals surface area contributed by atoms with Gasteiger partial charge in [-0.1, -0.05) is 103 Å². The highest BCUT2D eigenvalue weighted by Crippen LogP contribution is 2.48. The van der Waals surface area contributed by atoms with Crippen LogP contribution in [0.4, 0.5) is 26.3 Å². The van der Waals surface area contributed by atoms with Crippen LogP contribution in [0.2, 0.25) is 0 Å². The van der Waals surface area contributed by atoms with Gasteiger partial charge in [0, 0.05) is 54.2 Å². The van der Waals surface area contributed by atoms with Crippen molar-refractivity contribution in [3.63, 3.8) is 0 Å². The number of benzene rings is 12. The number of aryl methyl sites for hydroxylation is 3. The summed E-state index contributed by atoms with van der Waals surface area (Å²) in [5.41, 5.74) is 11.5. The molecule has 0 saturated carbocycles. The van der Waals surface area contributed by atoms with Crippen LogP contribution in [0.5, 0.6) is 0 Å². The molecule has 0 aliphatic heterocycles. The smallest absolute Gasteiger partial charge is 0.308 e. The molecule has 4 aromatic heterocycles. The van der Waals surface area contributed by atoms with Gasteiger partial charge in [0.1, 0.15) is 0 Å². The summed E-state index contributed by atoms with van der Waals surface area (Å²) in [6, 6.07) is 75.9. The van der Waals surface area contributed by atoms with Crippen LogP contribution in [0, 0.1) is 66.1 Å². The molecule has 96 heavy (non-hydrogen) atoms. The summed E-state index contributed by atoms with van der Waals surface area (Å²) >= 11 is 0. The summed E-state index contributed by atoms with van der Waals surface area (Å²) in [5.74, 6) is 0. The number of nitriles is 4. The minimum Gasteiger partial charge on any atom is -0.308 e. The van der Waals surface area contributed by atoms with Gasteiger partial charge in [-0.3, -0.25) is 0 Å². The molecule has 12 aromatic carbocycles. The van der Waals surface area contributed by atoms with Gasteiger partial charge in [0.15, 0.2) is 0 Å². The Hall–Kier alpha value is -12.6. The van der Waals surface area contributed by atoms with Crippen LogP contribution in [-0.4, -0.2) is 18.3 Å². The predicted octanol–water partition coefficient (Wildman–Crippen LogP) is 21.4. The number of alkyl halides is 6. The number of hydrogen-bond donors (Lipinski definition) is 0. The third kappa shape index (κ3) is 9.25. The highest BCUT2D eigenvalue weighted by molar-refractivity contribution is 6.15. The van der Waals surface area contributed by atoms with Crippen LogP contribution in [0.25, 0.3) is 132 Å². The fourth-order valence-electron chi connectivity index (χ4n) is 14.6. The van der Waals surface area contributed by atoms with E-state index in [1.54, 1.807) is 24.3 Å². The molecule has 0 radical (unpaired) electrons. The Morgan fingerprint density at radius 3 is 1.10 bits per heavy atom. The lowest BCUT2D eigenvalue weighted by Gasteiger charge is -2.22. The molecule has 0 saturated heterocycles. The maximum Gasteiger partial charge on any atom is 0.416 e. The molecule has 0 N–H and O–H groups in total. The zero-order chi connectivity index (χ0) is 66.2. The quantitative estimate of drug-likeness (QED) is 0.141. The van der Waals surface area contributed by atoms with E-state index in [1.807, 2.05) is 191 Å². The van der Waals surface area contributed by atoms with Gasteiger partial charge in [-0.15, -0.1) is 0 Å². The van der Waals surface area contributed by atoms with Gasteiger partial charge in [-0.05, 0) is 188 Å². The zero-order valence-corrected chi connectivity index (χ0v) is 51.4. The van der Waals surface area contributed by atoms with Crippen molar-refractivity contribution in [2.75, 3.05) is 0 Å². The Morgan fingerprint density at radius 2 is 0.656 bits per heavy atom. The average molecular weight is 1260 g/mol. The van der Waals surface area contributed by atoms with Crippen molar-refractivity contribution in [2.45, 2.75) is 39.5 Å². The molecule has 0 aliphatic rings. The highest BCUT2D eigenvalue weighted by atomic mass is 19.4. The standard InChI is InChI=1S/C82H48F6N8/c1-46-21-24-71-64(26-46)60-13-5-9-17-68(60)93(71)75-35-52(44-91)36-76(79(75)55-30-50(42-89)32-57(39-55)81(83,84)85)94-69-18-10-6-14-61(69)65-34-49(22-25-72(65)94)29-54-41-66-62-15-7-11-19-70(62)96(74(66)28-48(54)3)78-38-53(45-92)37-77(80(78)56-31-51(43-90)33-58(40-56)82(86,87)88)95-67-16-8-4-12-59(67)63-23-20-47(2)27-73(63)95/h4-28,30-41H,29H2,1-3H3. The highest BCUT2D eigenvalue weighted by Gasteiger charge is 2.35. The van der Waals surface area contributed by atoms with Gasteiger partial charge in [0.25, 0.3) is 0 Å². The molecule has 16 aromatic rings. The fraction of sp³-hybridized carbons (Fsp3) is 0.0732. The van der Waals surface area contributed by atoms with Crippen LogP contribution in [-0.2, 0) is 18.8 Å². The van der Waals surface area contributed by atoms with E-state index >= 15 is 26.3 Å². The molecule has 14 heteroatoms. The lowest BCUT2D eigenvalue weighted by atomic mass is 9.94. The van der Waals surface area contributed by atoms with Crippen LogP contribution < -0.4 is 0 Å². The van der Waals surface area contributed by atoms with E-state index in [4.69, 9.17) is 0 Å². The summed E-state index contributed by atoms with van der Waals surface area (Å²) in [6.45, 7) is 5.97. The molecule has 458 valence electrons. The summed E-state index contributed by atoms with van der Waals surface area (Å²) in [6.07, 6.45) is -9.20. The van der Waals surface area contributed by atoms with Crippen LogP contribution in [0.1, 0.15) is 61.2 Å². The third-order valence-electron chi connectivity index (χ3n) is 18.7. The normalized spacial score (nSPS) is 12.0. The molecule has 16 rings (SSSR count). The summed E-state index contributed by atoms with van der Waals surface area (Å²) < 4.78 is 98.5. The topological polar surface area (TPSA) is 115 Å². The second kappa shape index (κ2) is 21.7. The maximum absolute atomic E-state index is 15.1. The van der Waals surface area contributed by atoms with Crippen molar-refractivity contribution in [3.8, 4) is 69.3 Å². The molecule has 8 nitrogen and oxygen atoms in total. The second-order valence-electron chi connectivity index (χ2n) is 24.6. The largest absolute Gasteiger partial charge is 0.416 e. The Balaban J connectivity index is 0.906. The number of aromatic nitrogens is 4. The molecular weight excluding hydrogens is 1210 g/mol. The molecule has 4 heterocycles. The van der Waals surface area contributed by atoms with E-state index in [-0.39, 0.29) is 33.4 Å². The van der Waals surface area contributed by atoms with Crippen molar-refractivity contribution < 1.29 is 26.3 Å². The molecule has 0 fully saturated rings.